The lowest BCUT2D eigenvalue weighted by Gasteiger charge is -2.13. The average Bonchev–Trinajstić information content (AvgIpc) is 2.77. The standard InChI is InChI=1S/C10H15NOS/c1-2-8-3-6-13-9(8)10(4-5-10)7-12-11/h3,6H,2,4-5,7,11H2,1H3. The molecule has 0 radical (unpaired) electrons. The van der Waals surface area contributed by atoms with Crippen LogP contribution in [-0.2, 0) is 16.7 Å². The molecule has 1 saturated carbocycles. The van der Waals surface area contributed by atoms with Crippen LogP contribution in [0.5, 0.6) is 0 Å². The van der Waals surface area contributed by atoms with Crippen molar-refractivity contribution in [2.45, 2.75) is 31.6 Å². The maximum absolute atomic E-state index is 5.16. The van der Waals surface area contributed by atoms with E-state index in [9.17, 15) is 0 Å². The number of nitrogens with two attached hydrogens (primary N) is 1. The Morgan fingerprint density at radius 2 is 2.38 bits per heavy atom. The maximum Gasteiger partial charge on any atom is 0.0783 e. The predicted molar refractivity (Wildman–Crippen MR) is 54.7 cm³/mol. The minimum Gasteiger partial charge on any atom is -0.304 e. The highest BCUT2D eigenvalue weighted by molar-refractivity contribution is 7.10. The molecule has 72 valence electrons. The Morgan fingerprint density at radius 1 is 1.62 bits per heavy atom. The summed E-state index contributed by atoms with van der Waals surface area (Å²) in [6, 6.07) is 2.22. The van der Waals surface area contributed by atoms with Crippen molar-refractivity contribution in [2.75, 3.05) is 6.61 Å². The second-order valence-corrected chi connectivity index (χ2v) is 4.64. The van der Waals surface area contributed by atoms with Crippen molar-refractivity contribution in [1.82, 2.24) is 0 Å². The number of thiophene rings is 1. The Bertz CT molecular complexity index is 291. The number of hydrogen-bond donors (Lipinski definition) is 1. The first kappa shape index (κ1) is 9.19. The molecule has 1 heterocycles. The molecule has 0 bridgehead atoms. The molecule has 2 nitrogen and oxygen atoms in total. The van der Waals surface area contributed by atoms with E-state index in [-0.39, 0.29) is 5.41 Å². The minimum absolute atomic E-state index is 0.286. The lowest BCUT2D eigenvalue weighted by molar-refractivity contribution is 0.117. The summed E-state index contributed by atoms with van der Waals surface area (Å²) in [4.78, 5) is 6.30. The Balaban J connectivity index is 2.24. The van der Waals surface area contributed by atoms with Gasteiger partial charge in [0, 0.05) is 10.3 Å². The van der Waals surface area contributed by atoms with Gasteiger partial charge in [-0.3, -0.25) is 0 Å². The van der Waals surface area contributed by atoms with E-state index in [0.29, 0.717) is 6.61 Å². The molecule has 13 heavy (non-hydrogen) atoms. The number of rotatable bonds is 4. The quantitative estimate of drug-likeness (QED) is 0.751. The smallest absolute Gasteiger partial charge is 0.0783 e. The van der Waals surface area contributed by atoms with E-state index >= 15 is 0 Å². The molecule has 3 heteroatoms. The first-order valence-corrected chi connectivity index (χ1v) is 5.59. The zero-order valence-corrected chi connectivity index (χ0v) is 8.69. The fourth-order valence-electron chi connectivity index (χ4n) is 1.83. The molecule has 2 N–H and O–H groups in total. The van der Waals surface area contributed by atoms with Gasteiger partial charge in [-0.15, -0.1) is 11.3 Å². The summed E-state index contributed by atoms with van der Waals surface area (Å²) in [5.74, 6) is 5.16. The normalized spacial score (nSPS) is 18.9. The molecule has 1 fully saturated rings. The summed E-state index contributed by atoms with van der Waals surface area (Å²) >= 11 is 1.85. The third-order valence-corrected chi connectivity index (χ3v) is 4.03. The van der Waals surface area contributed by atoms with E-state index in [0.717, 1.165) is 6.42 Å². The van der Waals surface area contributed by atoms with Crippen molar-refractivity contribution in [2.24, 2.45) is 5.90 Å². The second kappa shape index (κ2) is 3.40. The van der Waals surface area contributed by atoms with Crippen LogP contribution in [0.2, 0.25) is 0 Å². The molecular weight excluding hydrogens is 182 g/mol. The first-order valence-electron chi connectivity index (χ1n) is 4.71. The third kappa shape index (κ3) is 1.52. The lowest BCUT2D eigenvalue weighted by Crippen LogP contribution is -2.18. The van der Waals surface area contributed by atoms with Crippen LogP contribution in [-0.4, -0.2) is 6.61 Å². The molecule has 0 unspecified atom stereocenters. The van der Waals surface area contributed by atoms with Crippen molar-refractivity contribution >= 4 is 11.3 Å². The van der Waals surface area contributed by atoms with Gasteiger partial charge in [0.2, 0.25) is 0 Å². The topological polar surface area (TPSA) is 35.2 Å². The van der Waals surface area contributed by atoms with Crippen molar-refractivity contribution in [1.29, 1.82) is 0 Å². The molecular formula is C10H15NOS. The molecule has 0 aromatic carbocycles. The molecule has 0 atom stereocenters. The van der Waals surface area contributed by atoms with E-state index < -0.39 is 0 Å². The molecule has 1 aliphatic carbocycles. The monoisotopic (exact) mass is 197 g/mol. The van der Waals surface area contributed by atoms with Gasteiger partial charge in [-0.2, -0.15) is 0 Å². The van der Waals surface area contributed by atoms with Gasteiger partial charge >= 0.3 is 0 Å². The van der Waals surface area contributed by atoms with Gasteiger partial charge in [0.1, 0.15) is 0 Å². The van der Waals surface area contributed by atoms with Gasteiger partial charge in [0.25, 0.3) is 0 Å². The molecule has 1 aromatic rings. The summed E-state index contributed by atoms with van der Waals surface area (Å²) in [6.07, 6.45) is 3.58. The van der Waals surface area contributed by atoms with Crippen LogP contribution in [0.3, 0.4) is 0 Å². The van der Waals surface area contributed by atoms with Gasteiger partial charge in [-0.25, -0.2) is 5.90 Å². The summed E-state index contributed by atoms with van der Waals surface area (Å²) < 4.78 is 0. The van der Waals surface area contributed by atoms with E-state index in [1.165, 1.54) is 23.3 Å². The van der Waals surface area contributed by atoms with Crippen LogP contribution in [0.15, 0.2) is 11.4 Å². The van der Waals surface area contributed by atoms with Crippen molar-refractivity contribution < 1.29 is 4.84 Å². The number of aryl methyl sites for hydroxylation is 1. The highest BCUT2D eigenvalue weighted by atomic mass is 32.1. The van der Waals surface area contributed by atoms with Gasteiger partial charge in [0.05, 0.1) is 6.61 Å². The van der Waals surface area contributed by atoms with Gasteiger partial charge < -0.3 is 4.84 Å². The van der Waals surface area contributed by atoms with E-state index in [4.69, 9.17) is 10.7 Å². The van der Waals surface area contributed by atoms with E-state index in [1.807, 2.05) is 11.3 Å². The van der Waals surface area contributed by atoms with Crippen molar-refractivity contribution in [3.05, 3.63) is 21.9 Å². The highest BCUT2D eigenvalue weighted by Gasteiger charge is 2.46. The molecule has 2 rings (SSSR count). The van der Waals surface area contributed by atoms with Crippen LogP contribution in [0.25, 0.3) is 0 Å². The van der Waals surface area contributed by atoms with E-state index in [2.05, 4.69) is 18.4 Å². The Labute approximate surface area is 82.7 Å². The van der Waals surface area contributed by atoms with Crippen molar-refractivity contribution in [3.8, 4) is 0 Å². The van der Waals surface area contributed by atoms with Gasteiger partial charge in [-0.1, -0.05) is 6.92 Å². The Kier molecular flexibility index (Phi) is 2.41. The fourth-order valence-corrected chi connectivity index (χ4v) is 3.07. The maximum atomic E-state index is 5.16. The van der Waals surface area contributed by atoms with Crippen LogP contribution in [0.4, 0.5) is 0 Å². The molecule has 1 aromatic heterocycles. The SMILES string of the molecule is CCc1ccsc1C1(CON)CC1. The zero-order valence-electron chi connectivity index (χ0n) is 7.88. The predicted octanol–water partition coefficient (Wildman–Crippen LogP) is 2.23. The first-order chi connectivity index (χ1) is 6.32. The average molecular weight is 197 g/mol. The largest absolute Gasteiger partial charge is 0.304 e. The summed E-state index contributed by atoms with van der Waals surface area (Å²) in [7, 11) is 0. The number of hydrogen-bond acceptors (Lipinski definition) is 3. The minimum atomic E-state index is 0.286. The molecule has 0 aliphatic heterocycles. The fraction of sp³-hybridized carbons (Fsp3) is 0.600. The molecule has 1 aliphatic rings. The Hall–Kier alpha value is -0.380. The molecule has 0 saturated heterocycles. The lowest BCUT2D eigenvalue weighted by atomic mass is 10.0. The van der Waals surface area contributed by atoms with Crippen molar-refractivity contribution in [3.63, 3.8) is 0 Å². The molecule has 0 spiro atoms. The van der Waals surface area contributed by atoms with Gasteiger partial charge in [0.15, 0.2) is 0 Å². The Morgan fingerprint density at radius 3 is 2.92 bits per heavy atom. The summed E-state index contributed by atoms with van der Waals surface area (Å²) in [6.45, 7) is 2.88. The van der Waals surface area contributed by atoms with Crippen LogP contribution >= 0.6 is 11.3 Å². The van der Waals surface area contributed by atoms with Gasteiger partial charge in [-0.05, 0) is 36.3 Å². The van der Waals surface area contributed by atoms with Crippen LogP contribution in [0.1, 0.15) is 30.2 Å². The summed E-state index contributed by atoms with van der Waals surface area (Å²) in [5.41, 5.74) is 1.76. The van der Waals surface area contributed by atoms with E-state index in [1.54, 1.807) is 0 Å². The van der Waals surface area contributed by atoms with Crippen LogP contribution in [0, 0.1) is 0 Å². The zero-order chi connectivity index (χ0) is 9.31. The molecule has 0 amide bonds. The summed E-state index contributed by atoms with van der Waals surface area (Å²) in [5, 5.41) is 2.17. The van der Waals surface area contributed by atoms with Crippen LogP contribution < -0.4 is 5.90 Å². The second-order valence-electron chi connectivity index (χ2n) is 3.72. The third-order valence-electron chi connectivity index (χ3n) is 2.82. The highest BCUT2D eigenvalue weighted by Crippen LogP contribution is 2.51.